The van der Waals surface area contributed by atoms with Crippen LogP contribution in [0.15, 0.2) is 72.8 Å². The molecule has 0 aliphatic rings. The van der Waals surface area contributed by atoms with Gasteiger partial charge in [-0.15, -0.1) is 0 Å². The highest BCUT2D eigenvalue weighted by Crippen LogP contribution is 2.18. The molecule has 0 saturated heterocycles. The van der Waals surface area contributed by atoms with Crippen LogP contribution < -0.4 is 9.47 Å². The van der Waals surface area contributed by atoms with Gasteiger partial charge in [0, 0.05) is 19.6 Å². The highest BCUT2D eigenvalue weighted by molar-refractivity contribution is 5.31. The van der Waals surface area contributed by atoms with Crippen LogP contribution in [0.2, 0.25) is 0 Å². The molecule has 3 aromatic carbocycles. The van der Waals surface area contributed by atoms with Crippen LogP contribution in [0.5, 0.6) is 11.5 Å². The van der Waals surface area contributed by atoms with Crippen molar-refractivity contribution < 1.29 is 19.0 Å². The Morgan fingerprint density at radius 1 is 0.900 bits per heavy atom. The maximum Gasteiger partial charge on any atom is 0.123 e. The number of rotatable bonds is 10. The largest absolute Gasteiger partial charge is 0.497 e. The van der Waals surface area contributed by atoms with Crippen LogP contribution in [0.3, 0.4) is 0 Å². The Bertz CT molecular complexity index is 912. The van der Waals surface area contributed by atoms with Gasteiger partial charge in [-0.05, 0) is 60.0 Å². The molecule has 0 aromatic heterocycles. The fourth-order valence-electron chi connectivity index (χ4n) is 3.28. The van der Waals surface area contributed by atoms with Gasteiger partial charge >= 0.3 is 0 Å². The lowest BCUT2D eigenvalue weighted by Gasteiger charge is -2.26. The topological polar surface area (TPSA) is 41.9 Å². The fourth-order valence-corrected chi connectivity index (χ4v) is 3.28. The van der Waals surface area contributed by atoms with Crippen LogP contribution in [0.4, 0.5) is 4.39 Å². The Morgan fingerprint density at radius 3 is 2.23 bits per heavy atom. The summed E-state index contributed by atoms with van der Waals surface area (Å²) in [5.74, 6) is 1.18. The monoisotopic (exact) mass is 409 g/mol. The Labute approximate surface area is 177 Å². The van der Waals surface area contributed by atoms with Crippen LogP contribution in [0.25, 0.3) is 0 Å². The zero-order valence-electron chi connectivity index (χ0n) is 17.4. The molecule has 0 aliphatic heterocycles. The van der Waals surface area contributed by atoms with Gasteiger partial charge in [-0.25, -0.2) is 4.39 Å². The van der Waals surface area contributed by atoms with E-state index in [0.717, 1.165) is 11.3 Å². The number of hydrogen-bond donors (Lipinski definition) is 1. The molecule has 30 heavy (non-hydrogen) atoms. The minimum absolute atomic E-state index is 0.181. The molecule has 158 valence electrons. The number of aliphatic hydroxyl groups is 1. The number of aryl methyl sites for hydroxylation is 1. The number of ether oxygens (including phenoxy) is 2. The number of hydrogen-bond acceptors (Lipinski definition) is 4. The first-order valence-corrected chi connectivity index (χ1v) is 9.99. The summed E-state index contributed by atoms with van der Waals surface area (Å²) in [6.07, 6.45) is -0.670. The first kappa shape index (κ1) is 21.8. The standard InChI is InChI=1S/C25H28FNO3/c1-19-5-3-4-6-21(19)16-27(15-20-7-9-22(26)10-8-20)17-23(28)18-30-25-13-11-24(29-2)12-14-25/h3-14,23,28H,15-18H2,1-2H3/t23-/m0/s1. The molecule has 0 spiro atoms. The molecule has 4 nitrogen and oxygen atoms in total. The average molecular weight is 410 g/mol. The van der Waals surface area contributed by atoms with Gasteiger partial charge in [0.1, 0.15) is 30.0 Å². The SMILES string of the molecule is COc1ccc(OC[C@@H](O)CN(Cc2ccc(F)cc2)Cc2ccccc2C)cc1. The van der Waals surface area contributed by atoms with Crippen LogP contribution in [0.1, 0.15) is 16.7 Å². The molecule has 0 unspecified atom stereocenters. The van der Waals surface area contributed by atoms with Crippen molar-refractivity contribution in [2.45, 2.75) is 26.1 Å². The van der Waals surface area contributed by atoms with Crippen molar-refractivity contribution in [2.75, 3.05) is 20.3 Å². The van der Waals surface area contributed by atoms with E-state index in [9.17, 15) is 9.50 Å². The zero-order valence-corrected chi connectivity index (χ0v) is 17.4. The van der Waals surface area contributed by atoms with Crippen molar-refractivity contribution >= 4 is 0 Å². The molecule has 1 N–H and O–H groups in total. The van der Waals surface area contributed by atoms with Crippen molar-refractivity contribution in [3.63, 3.8) is 0 Å². The average Bonchev–Trinajstić information content (AvgIpc) is 2.76. The Balaban J connectivity index is 1.63. The number of benzene rings is 3. The third-order valence-electron chi connectivity index (χ3n) is 4.95. The Kier molecular flexibility index (Phi) is 7.82. The Hall–Kier alpha value is -2.89. The van der Waals surface area contributed by atoms with Gasteiger partial charge in [0.25, 0.3) is 0 Å². The van der Waals surface area contributed by atoms with E-state index in [2.05, 4.69) is 24.0 Å². The lowest BCUT2D eigenvalue weighted by Crippen LogP contribution is -2.35. The first-order valence-electron chi connectivity index (χ1n) is 9.99. The minimum atomic E-state index is -0.670. The highest BCUT2D eigenvalue weighted by atomic mass is 19.1. The minimum Gasteiger partial charge on any atom is -0.497 e. The van der Waals surface area contributed by atoms with Crippen molar-refractivity contribution in [3.05, 3.63) is 95.3 Å². The van der Waals surface area contributed by atoms with Crippen molar-refractivity contribution in [1.29, 1.82) is 0 Å². The maximum atomic E-state index is 13.3. The van der Waals surface area contributed by atoms with E-state index >= 15 is 0 Å². The van der Waals surface area contributed by atoms with Crippen molar-refractivity contribution in [3.8, 4) is 11.5 Å². The summed E-state index contributed by atoms with van der Waals surface area (Å²) in [5.41, 5.74) is 3.39. The maximum absolute atomic E-state index is 13.3. The molecule has 0 fully saturated rings. The van der Waals surface area contributed by atoms with Gasteiger partial charge in [-0.1, -0.05) is 36.4 Å². The molecular formula is C25H28FNO3. The summed E-state index contributed by atoms with van der Waals surface area (Å²) in [4.78, 5) is 2.15. The molecule has 3 aromatic rings. The quantitative estimate of drug-likeness (QED) is 0.532. The van der Waals surface area contributed by atoms with Gasteiger partial charge in [0.2, 0.25) is 0 Å². The number of aliphatic hydroxyl groups excluding tert-OH is 1. The van der Waals surface area contributed by atoms with E-state index < -0.39 is 6.10 Å². The van der Waals surface area contributed by atoms with Crippen LogP contribution in [-0.4, -0.2) is 36.4 Å². The predicted molar refractivity (Wildman–Crippen MR) is 116 cm³/mol. The Morgan fingerprint density at radius 2 is 1.57 bits per heavy atom. The summed E-state index contributed by atoms with van der Waals surface area (Å²) in [6.45, 7) is 3.98. The summed E-state index contributed by atoms with van der Waals surface area (Å²) in [6, 6.07) is 22.0. The second-order valence-electron chi connectivity index (χ2n) is 7.36. The van der Waals surface area contributed by atoms with Crippen LogP contribution in [0, 0.1) is 12.7 Å². The molecule has 0 aliphatic carbocycles. The molecule has 3 rings (SSSR count). The second-order valence-corrected chi connectivity index (χ2v) is 7.36. The summed E-state index contributed by atoms with van der Waals surface area (Å²) in [5, 5.41) is 10.6. The van der Waals surface area contributed by atoms with E-state index in [0.29, 0.717) is 25.4 Å². The smallest absolute Gasteiger partial charge is 0.123 e. The zero-order chi connectivity index (χ0) is 21.3. The fraction of sp³-hybridized carbons (Fsp3) is 0.280. The van der Waals surface area contributed by atoms with Crippen LogP contribution >= 0.6 is 0 Å². The number of nitrogens with zero attached hydrogens (tertiary/aromatic N) is 1. The van der Waals surface area contributed by atoms with Crippen molar-refractivity contribution in [1.82, 2.24) is 4.90 Å². The van der Waals surface area contributed by atoms with E-state index in [-0.39, 0.29) is 12.4 Å². The molecule has 0 radical (unpaired) electrons. The van der Waals surface area contributed by atoms with Gasteiger partial charge in [-0.3, -0.25) is 4.90 Å². The first-order chi connectivity index (χ1) is 14.5. The molecule has 0 heterocycles. The number of halogens is 1. The van der Waals surface area contributed by atoms with Gasteiger partial charge < -0.3 is 14.6 Å². The molecule has 5 heteroatoms. The third-order valence-corrected chi connectivity index (χ3v) is 4.95. The van der Waals surface area contributed by atoms with Gasteiger partial charge in [0.15, 0.2) is 0 Å². The van der Waals surface area contributed by atoms with Crippen molar-refractivity contribution in [2.24, 2.45) is 0 Å². The highest BCUT2D eigenvalue weighted by Gasteiger charge is 2.15. The van der Waals surface area contributed by atoms with E-state index in [1.165, 1.54) is 23.3 Å². The third kappa shape index (κ3) is 6.58. The normalized spacial score (nSPS) is 12.0. The summed E-state index contributed by atoms with van der Waals surface area (Å²) in [7, 11) is 1.61. The number of methoxy groups -OCH3 is 1. The van der Waals surface area contributed by atoms with E-state index in [1.54, 1.807) is 19.2 Å². The van der Waals surface area contributed by atoms with Gasteiger partial charge in [0.05, 0.1) is 7.11 Å². The summed E-state index contributed by atoms with van der Waals surface area (Å²) >= 11 is 0. The van der Waals surface area contributed by atoms with Gasteiger partial charge in [-0.2, -0.15) is 0 Å². The van der Waals surface area contributed by atoms with Crippen LogP contribution in [-0.2, 0) is 13.1 Å². The van der Waals surface area contributed by atoms with E-state index in [4.69, 9.17) is 9.47 Å². The lowest BCUT2D eigenvalue weighted by molar-refractivity contribution is 0.0627. The molecule has 0 bridgehead atoms. The lowest BCUT2D eigenvalue weighted by atomic mass is 10.1. The molecule has 1 atom stereocenters. The summed E-state index contributed by atoms with van der Waals surface area (Å²) < 4.78 is 24.1. The molecule has 0 saturated carbocycles. The van der Waals surface area contributed by atoms with E-state index in [1.807, 2.05) is 36.4 Å². The molecular weight excluding hydrogens is 381 g/mol. The predicted octanol–water partition coefficient (Wildman–Crippen LogP) is 4.58. The molecule has 0 amide bonds. The second kappa shape index (κ2) is 10.8.